The Hall–Kier alpha value is -1.98. The van der Waals surface area contributed by atoms with E-state index in [2.05, 4.69) is 10.3 Å². The number of aryl methyl sites for hydroxylation is 1. The maximum atomic E-state index is 12.1. The van der Waals surface area contributed by atoms with Gasteiger partial charge < -0.3 is 15.0 Å². The lowest BCUT2D eigenvalue weighted by molar-refractivity contribution is 0.0950. The Morgan fingerprint density at radius 3 is 2.74 bits per heavy atom. The van der Waals surface area contributed by atoms with E-state index >= 15 is 0 Å². The molecule has 0 aliphatic rings. The van der Waals surface area contributed by atoms with Crippen molar-refractivity contribution in [2.45, 2.75) is 12.8 Å². The normalized spacial score (nSPS) is 10.4. The van der Waals surface area contributed by atoms with Gasteiger partial charge >= 0.3 is 0 Å². The minimum atomic E-state index is -0.434. The van der Waals surface area contributed by atoms with Gasteiger partial charge in [-0.3, -0.25) is 9.59 Å². The molecule has 0 aliphatic heterocycles. The summed E-state index contributed by atoms with van der Waals surface area (Å²) in [7, 11) is 1.35. The molecule has 1 aromatic carbocycles. The second-order valence-electron chi connectivity index (χ2n) is 4.86. The van der Waals surface area contributed by atoms with Gasteiger partial charge in [0.05, 0.1) is 22.7 Å². The number of H-pyrrole nitrogens is 1. The average molecular weight is 355 g/mol. The molecular weight excluding hydrogens is 339 g/mol. The summed E-state index contributed by atoms with van der Waals surface area (Å²) >= 11 is 11.8. The Labute approximate surface area is 143 Å². The molecule has 0 aliphatic carbocycles. The SMILES string of the molecule is COc1c(C(=O)NCCCc2ccc(Cl)c(Cl)c2)cc[nH]c1=O. The summed E-state index contributed by atoms with van der Waals surface area (Å²) in [6, 6.07) is 6.97. The zero-order valence-electron chi connectivity index (χ0n) is 12.5. The summed E-state index contributed by atoms with van der Waals surface area (Å²) in [6.45, 7) is 0.467. The van der Waals surface area contributed by atoms with Crippen LogP contribution in [-0.4, -0.2) is 24.5 Å². The van der Waals surface area contributed by atoms with E-state index in [-0.39, 0.29) is 17.2 Å². The first kappa shape index (κ1) is 17.4. The molecule has 0 saturated heterocycles. The smallest absolute Gasteiger partial charge is 0.291 e. The van der Waals surface area contributed by atoms with Crippen LogP contribution < -0.4 is 15.6 Å². The monoisotopic (exact) mass is 354 g/mol. The highest BCUT2D eigenvalue weighted by Gasteiger charge is 2.14. The van der Waals surface area contributed by atoms with Gasteiger partial charge in [0.25, 0.3) is 11.5 Å². The van der Waals surface area contributed by atoms with Crippen LogP contribution in [0.5, 0.6) is 5.75 Å². The number of pyridine rings is 1. The quantitative estimate of drug-likeness (QED) is 0.783. The molecule has 0 atom stereocenters. The molecule has 0 spiro atoms. The Bertz CT molecular complexity index is 759. The van der Waals surface area contributed by atoms with Crippen LogP contribution in [0.25, 0.3) is 0 Å². The summed E-state index contributed by atoms with van der Waals surface area (Å²) in [6.07, 6.45) is 2.90. The van der Waals surface area contributed by atoms with E-state index in [1.807, 2.05) is 12.1 Å². The van der Waals surface area contributed by atoms with Gasteiger partial charge in [-0.05, 0) is 36.6 Å². The topological polar surface area (TPSA) is 71.2 Å². The lowest BCUT2D eigenvalue weighted by Gasteiger charge is -2.08. The van der Waals surface area contributed by atoms with Crippen LogP contribution >= 0.6 is 23.2 Å². The number of carbonyl (C=O) groups excluding carboxylic acids is 1. The van der Waals surface area contributed by atoms with Gasteiger partial charge in [-0.15, -0.1) is 0 Å². The van der Waals surface area contributed by atoms with Crippen LogP contribution in [0.3, 0.4) is 0 Å². The summed E-state index contributed by atoms with van der Waals surface area (Å²) in [5.41, 5.74) is 0.823. The number of aromatic nitrogens is 1. The molecule has 1 aromatic heterocycles. The molecule has 122 valence electrons. The standard InChI is InChI=1S/C16H16Cl2N2O3/c1-23-14-11(6-8-20-16(14)22)15(21)19-7-2-3-10-4-5-12(17)13(18)9-10/h4-6,8-9H,2-3,7H2,1H3,(H,19,21)(H,20,22). The first-order chi connectivity index (χ1) is 11.0. The Morgan fingerprint density at radius 2 is 2.04 bits per heavy atom. The number of benzene rings is 1. The zero-order chi connectivity index (χ0) is 16.8. The number of rotatable bonds is 6. The maximum Gasteiger partial charge on any atom is 0.291 e. The lowest BCUT2D eigenvalue weighted by atomic mass is 10.1. The molecule has 0 bridgehead atoms. The summed E-state index contributed by atoms with van der Waals surface area (Å²) in [5, 5.41) is 3.80. The molecule has 23 heavy (non-hydrogen) atoms. The van der Waals surface area contributed by atoms with Crippen molar-refractivity contribution in [3.63, 3.8) is 0 Å². The second-order valence-corrected chi connectivity index (χ2v) is 5.68. The average Bonchev–Trinajstić information content (AvgIpc) is 2.54. The number of nitrogens with one attached hydrogen (secondary N) is 2. The molecule has 2 aromatic rings. The van der Waals surface area contributed by atoms with Crippen molar-refractivity contribution < 1.29 is 9.53 Å². The van der Waals surface area contributed by atoms with Crippen molar-refractivity contribution in [3.8, 4) is 5.75 Å². The molecule has 1 amide bonds. The van der Waals surface area contributed by atoms with E-state index in [4.69, 9.17) is 27.9 Å². The van der Waals surface area contributed by atoms with Crippen LogP contribution in [-0.2, 0) is 6.42 Å². The van der Waals surface area contributed by atoms with E-state index in [9.17, 15) is 9.59 Å². The van der Waals surface area contributed by atoms with Crippen LogP contribution in [0.1, 0.15) is 22.3 Å². The van der Waals surface area contributed by atoms with Gasteiger partial charge in [0.15, 0.2) is 5.75 Å². The lowest BCUT2D eigenvalue weighted by Crippen LogP contribution is -2.27. The molecule has 7 heteroatoms. The van der Waals surface area contributed by atoms with E-state index in [1.165, 1.54) is 19.4 Å². The fourth-order valence-corrected chi connectivity index (χ4v) is 2.45. The van der Waals surface area contributed by atoms with Crippen LogP contribution in [0.4, 0.5) is 0 Å². The van der Waals surface area contributed by atoms with Gasteiger partial charge in [0.1, 0.15) is 0 Å². The first-order valence-corrected chi connectivity index (χ1v) is 7.76. The van der Waals surface area contributed by atoms with E-state index in [0.29, 0.717) is 16.6 Å². The number of aromatic amines is 1. The molecule has 5 nitrogen and oxygen atoms in total. The highest BCUT2D eigenvalue weighted by Crippen LogP contribution is 2.23. The number of halogens is 2. The van der Waals surface area contributed by atoms with Crippen molar-refractivity contribution in [1.82, 2.24) is 10.3 Å². The zero-order valence-corrected chi connectivity index (χ0v) is 14.0. The summed E-state index contributed by atoms with van der Waals surface area (Å²) in [5.74, 6) is -0.337. The number of carbonyl (C=O) groups is 1. The molecule has 0 radical (unpaired) electrons. The highest BCUT2D eigenvalue weighted by molar-refractivity contribution is 6.42. The highest BCUT2D eigenvalue weighted by atomic mass is 35.5. The molecular formula is C16H16Cl2N2O3. The molecule has 0 fully saturated rings. The van der Waals surface area contributed by atoms with E-state index in [0.717, 1.165) is 18.4 Å². The number of hydrogen-bond acceptors (Lipinski definition) is 3. The first-order valence-electron chi connectivity index (χ1n) is 7.00. The van der Waals surface area contributed by atoms with Crippen molar-refractivity contribution in [1.29, 1.82) is 0 Å². The van der Waals surface area contributed by atoms with Crippen LogP contribution in [0, 0.1) is 0 Å². The van der Waals surface area contributed by atoms with Crippen LogP contribution in [0.15, 0.2) is 35.3 Å². The van der Waals surface area contributed by atoms with Gasteiger partial charge in [0.2, 0.25) is 0 Å². The van der Waals surface area contributed by atoms with Gasteiger partial charge in [-0.25, -0.2) is 0 Å². The predicted molar refractivity (Wildman–Crippen MR) is 90.7 cm³/mol. The Kier molecular flexibility index (Phi) is 6.07. The molecule has 2 N–H and O–H groups in total. The van der Waals surface area contributed by atoms with E-state index < -0.39 is 5.56 Å². The van der Waals surface area contributed by atoms with Crippen molar-refractivity contribution in [3.05, 3.63) is 62.0 Å². The molecule has 1 heterocycles. The summed E-state index contributed by atoms with van der Waals surface area (Å²) < 4.78 is 4.97. The van der Waals surface area contributed by atoms with Gasteiger partial charge in [0, 0.05) is 12.7 Å². The molecule has 0 saturated carbocycles. The third-order valence-corrected chi connectivity index (χ3v) is 4.01. The number of ether oxygens (including phenoxy) is 1. The molecule has 2 rings (SSSR count). The van der Waals surface area contributed by atoms with E-state index in [1.54, 1.807) is 6.07 Å². The predicted octanol–water partition coefficient (Wildman–Crippen LogP) is 3.05. The van der Waals surface area contributed by atoms with Gasteiger partial charge in [-0.2, -0.15) is 0 Å². The number of methoxy groups -OCH3 is 1. The Morgan fingerprint density at radius 1 is 1.26 bits per heavy atom. The van der Waals surface area contributed by atoms with Crippen molar-refractivity contribution >= 4 is 29.1 Å². The number of hydrogen-bond donors (Lipinski definition) is 2. The Balaban J connectivity index is 1.89. The largest absolute Gasteiger partial charge is 0.491 e. The molecule has 0 unspecified atom stereocenters. The minimum absolute atomic E-state index is 0.00878. The fraction of sp³-hybridized carbons (Fsp3) is 0.250. The third-order valence-electron chi connectivity index (χ3n) is 3.28. The minimum Gasteiger partial charge on any atom is -0.491 e. The van der Waals surface area contributed by atoms with Crippen molar-refractivity contribution in [2.24, 2.45) is 0 Å². The third kappa shape index (κ3) is 4.50. The van der Waals surface area contributed by atoms with Crippen LogP contribution in [0.2, 0.25) is 10.0 Å². The second kappa shape index (κ2) is 8.04. The number of amides is 1. The van der Waals surface area contributed by atoms with Gasteiger partial charge in [-0.1, -0.05) is 29.3 Å². The fourth-order valence-electron chi connectivity index (χ4n) is 2.13. The summed E-state index contributed by atoms with van der Waals surface area (Å²) in [4.78, 5) is 26.1. The maximum absolute atomic E-state index is 12.1. The van der Waals surface area contributed by atoms with Crippen molar-refractivity contribution in [2.75, 3.05) is 13.7 Å².